The van der Waals surface area contributed by atoms with Gasteiger partial charge in [0.15, 0.2) is 0 Å². The summed E-state index contributed by atoms with van der Waals surface area (Å²) in [6.45, 7) is 0.456. The standard InChI is InChI=1S/C12H13FN2O3S/c13-8-3-4-11(15(17)18)10(6-8)12(16)14-7-9-2-1-5-19-9/h3-4,6,9H,1-2,5,7H2,(H,14,16). The van der Waals surface area contributed by atoms with E-state index in [-0.39, 0.29) is 11.3 Å². The minimum atomic E-state index is -0.682. The SMILES string of the molecule is O=C(NCC1CCCS1)c1cc(F)ccc1[N+](=O)[O-]. The van der Waals surface area contributed by atoms with E-state index in [1.807, 2.05) is 0 Å². The van der Waals surface area contributed by atoms with Crippen molar-refractivity contribution in [2.24, 2.45) is 0 Å². The molecule has 1 amide bonds. The number of amides is 1. The maximum absolute atomic E-state index is 13.1. The highest BCUT2D eigenvalue weighted by molar-refractivity contribution is 8.00. The highest BCUT2D eigenvalue weighted by Gasteiger charge is 2.22. The largest absolute Gasteiger partial charge is 0.351 e. The number of nitrogens with one attached hydrogen (secondary N) is 1. The van der Waals surface area contributed by atoms with Gasteiger partial charge in [-0.15, -0.1) is 0 Å². The average molecular weight is 284 g/mol. The van der Waals surface area contributed by atoms with Crippen molar-refractivity contribution in [3.63, 3.8) is 0 Å². The van der Waals surface area contributed by atoms with E-state index < -0.39 is 16.6 Å². The molecule has 19 heavy (non-hydrogen) atoms. The number of nitro benzene ring substituents is 1. The number of nitro groups is 1. The van der Waals surface area contributed by atoms with Crippen LogP contribution in [0.2, 0.25) is 0 Å². The Morgan fingerprint density at radius 3 is 3.00 bits per heavy atom. The van der Waals surface area contributed by atoms with Gasteiger partial charge in [-0.2, -0.15) is 11.8 Å². The molecule has 0 bridgehead atoms. The van der Waals surface area contributed by atoms with Gasteiger partial charge >= 0.3 is 0 Å². The van der Waals surface area contributed by atoms with Crippen molar-refractivity contribution >= 4 is 23.4 Å². The van der Waals surface area contributed by atoms with Gasteiger partial charge in [0.25, 0.3) is 11.6 Å². The van der Waals surface area contributed by atoms with Crippen LogP contribution in [0.25, 0.3) is 0 Å². The fourth-order valence-electron chi connectivity index (χ4n) is 1.96. The topological polar surface area (TPSA) is 72.2 Å². The minimum Gasteiger partial charge on any atom is -0.351 e. The molecule has 1 atom stereocenters. The number of hydrogen-bond donors (Lipinski definition) is 1. The number of carbonyl (C=O) groups is 1. The first-order chi connectivity index (χ1) is 9.08. The summed E-state index contributed by atoms with van der Waals surface area (Å²) in [4.78, 5) is 22.0. The second-order valence-corrected chi connectivity index (χ2v) is 5.67. The van der Waals surface area contributed by atoms with Gasteiger partial charge in [-0.3, -0.25) is 14.9 Å². The molecule has 1 heterocycles. The van der Waals surface area contributed by atoms with Crippen molar-refractivity contribution in [2.75, 3.05) is 12.3 Å². The van der Waals surface area contributed by atoms with Crippen LogP contribution < -0.4 is 5.32 Å². The van der Waals surface area contributed by atoms with Crippen molar-refractivity contribution in [1.82, 2.24) is 5.32 Å². The van der Waals surface area contributed by atoms with E-state index in [2.05, 4.69) is 5.32 Å². The van der Waals surface area contributed by atoms with Gasteiger partial charge in [0, 0.05) is 17.9 Å². The van der Waals surface area contributed by atoms with Crippen molar-refractivity contribution in [3.8, 4) is 0 Å². The minimum absolute atomic E-state index is 0.229. The Labute approximate surface area is 113 Å². The van der Waals surface area contributed by atoms with E-state index in [9.17, 15) is 19.3 Å². The molecule has 2 rings (SSSR count). The van der Waals surface area contributed by atoms with E-state index in [0.717, 1.165) is 36.8 Å². The van der Waals surface area contributed by atoms with E-state index >= 15 is 0 Å². The fraction of sp³-hybridized carbons (Fsp3) is 0.417. The summed E-state index contributed by atoms with van der Waals surface area (Å²) in [6.07, 6.45) is 2.14. The van der Waals surface area contributed by atoms with Crippen LogP contribution in [0.1, 0.15) is 23.2 Å². The second-order valence-electron chi connectivity index (χ2n) is 4.26. The molecule has 5 nitrogen and oxygen atoms in total. The summed E-state index contributed by atoms with van der Waals surface area (Å²) in [5.41, 5.74) is -0.606. The van der Waals surface area contributed by atoms with Crippen LogP contribution in [0.15, 0.2) is 18.2 Å². The molecule has 102 valence electrons. The molecule has 1 saturated heterocycles. The summed E-state index contributed by atoms with van der Waals surface area (Å²) in [7, 11) is 0. The molecule has 1 aromatic carbocycles. The number of hydrogen-bond acceptors (Lipinski definition) is 4. The molecule has 1 aliphatic heterocycles. The zero-order chi connectivity index (χ0) is 13.8. The number of thioether (sulfide) groups is 1. The van der Waals surface area contributed by atoms with Crippen LogP contribution in [0.4, 0.5) is 10.1 Å². The van der Waals surface area contributed by atoms with E-state index in [4.69, 9.17) is 0 Å². The highest BCUT2D eigenvalue weighted by atomic mass is 32.2. The molecule has 0 saturated carbocycles. The Bertz CT molecular complexity index is 504. The molecule has 0 spiro atoms. The first-order valence-corrected chi connectivity index (χ1v) is 6.96. The third-order valence-corrected chi connectivity index (χ3v) is 4.31. The number of benzene rings is 1. The van der Waals surface area contributed by atoms with Gasteiger partial charge in [-0.25, -0.2) is 4.39 Å². The van der Waals surface area contributed by atoms with E-state index in [1.54, 1.807) is 11.8 Å². The lowest BCUT2D eigenvalue weighted by molar-refractivity contribution is -0.385. The first kappa shape index (κ1) is 13.8. The third-order valence-electron chi connectivity index (χ3n) is 2.91. The van der Waals surface area contributed by atoms with Crippen molar-refractivity contribution in [2.45, 2.75) is 18.1 Å². The molecular weight excluding hydrogens is 271 g/mol. The van der Waals surface area contributed by atoms with E-state index in [1.165, 1.54) is 0 Å². The number of nitrogens with zero attached hydrogens (tertiary/aromatic N) is 1. The molecule has 1 unspecified atom stereocenters. The first-order valence-electron chi connectivity index (χ1n) is 5.91. The zero-order valence-corrected chi connectivity index (χ0v) is 10.9. The van der Waals surface area contributed by atoms with Crippen molar-refractivity contribution in [1.29, 1.82) is 0 Å². The molecule has 7 heteroatoms. The molecule has 1 aliphatic rings. The Morgan fingerprint density at radius 2 is 2.37 bits per heavy atom. The molecule has 0 radical (unpaired) electrons. The molecule has 0 aliphatic carbocycles. The molecule has 1 N–H and O–H groups in total. The Morgan fingerprint density at radius 1 is 1.58 bits per heavy atom. The summed E-state index contributed by atoms with van der Waals surface area (Å²) >= 11 is 1.77. The van der Waals surface area contributed by atoms with Crippen molar-refractivity contribution in [3.05, 3.63) is 39.7 Å². The van der Waals surface area contributed by atoms with Gasteiger partial charge in [0.1, 0.15) is 11.4 Å². The van der Waals surface area contributed by atoms with Gasteiger partial charge in [0.05, 0.1) is 4.92 Å². The molecular formula is C12H13FN2O3S. The third kappa shape index (κ3) is 3.44. The predicted octanol–water partition coefficient (Wildman–Crippen LogP) is 2.36. The Kier molecular flexibility index (Phi) is 4.36. The van der Waals surface area contributed by atoms with Crippen molar-refractivity contribution < 1.29 is 14.1 Å². The Hall–Kier alpha value is -1.63. The maximum atomic E-state index is 13.1. The molecule has 1 fully saturated rings. The smallest absolute Gasteiger partial charge is 0.282 e. The van der Waals surface area contributed by atoms with Crippen LogP contribution in [0, 0.1) is 15.9 Å². The van der Waals surface area contributed by atoms with Crippen LogP contribution >= 0.6 is 11.8 Å². The van der Waals surface area contributed by atoms with Gasteiger partial charge in [0.2, 0.25) is 0 Å². The summed E-state index contributed by atoms with van der Waals surface area (Å²) in [5.74, 6) is -0.189. The average Bonchev–Trinajstić information content (AvgIpc) is 2.88. The lowest BCUT2D eigenvalue weighted by Crippen LogP contribution is -2.30. The Balaban J connectivity index is 2.08. The lowest BCUT2D eigenvalue weighted by Gasteiger charge is -2.10. The predicted molar refractivity (Wildman–Crippen MR) is 70.9 cm³/mol. The van der Waals surface area contributed by atoms with E-state index in [0.29, 0.717) is 11.8 Å². The summed E-state index contributed by atoms with van der Waals surface area (Å²) < 4.78 is 13.1. The summed E-state index contributed by atoms with van der Waals surface area (Å²) in [5, 5.41) is 13.8. The van der Waals surface area contributed by atoms with Crippen LogP contribution in [0.5, 0.6) is 0 Å². The molecule has 1 aromatic rings. The number of carbonyl (C=O) groups excluding carboxylic acids is 1. The maximum Gasteiger partial charge on any atom is 0.282 e. The van der Waals surface area contributed by atoms with Gasteiger partial charge in [-0.1, -0.05) is 0 Å². The molecule has 0 aromatic heterocycles. The fourth-order valence-corrected chi connectivity index (χ4v) is 3.16. The highest BCUT2D eigenvalue weighted by Crippen LogP contribution is 2.25. The van der Waals surface area contributed by atoms with Crippen LogP contribution in [0.3, 0.4) is 0 Å². The second kappa shape index (κ2) is 6.01. The monoisotopic (exact) mass is 284 g/mol. The van der Waals surface area contributed by atoms with Gasteiger partial charge < -0.3 is 5.32 Å². The summed E-state index contributed by atoms with van der Waals surface area (Å²) in [6, 6.07) is 2.88. The lowest BCUT2D eigenvalue weighted by atomic mass is 10.1. The number of rotatable bonds is 4. The number of halogens is 1. The zero-order valence-electron chi connectivity index (χ0n) is 10.1. The van der Waals surface area contributed by atoms with Gasteiger partial charge in [-0.05, 0) is 30.7 Å². The van der Waals surface area contributed by atoms with Crippen LogP contribution in [-0.2, 0) is 0 Å². The normalized spacial score (nSPS) is 18.3. The van der Waals surface area contributed by atoms with Crippen LogP contribution in [-0.4, -0.2) is 28.4 Å². The quantitative estimate of drug-likeness (QED) is 0.680.